The first-order valence-electron chi connectivity index (χ1n) is 6.53. The molecule has 106 valence electrons. The average Bonchev–Trinajstić information content (AvgIpc) is 2.29. The number of nitrogens with two attached hydrogens (primary N) is 1. The van der Waals surface area contributed by atoms with Gasteiger partial charge in [-0.25, -0.2) is 0 Å². The predicted molar refractivity (Wildman–Crippen MR) is 80.8 cm³/mol. The smallest absolute Gasteiger partial charge is 0.188 e. The van der Waals surface area contributed by atoms with Crippen LogP contribution in [0.1, 0.15) is 31.9 Å². The fourth-order valence-electron chi connectivity index (χ4n) is 1.75. The number of nitrogens with one attached hydrogen (secondary N) is 1. The summed E-state index contributed by atoms with van der Waals surface area (Å²) in [6.07, 6.45) is 0.850. The van der Waals surface area contributed by atoms with Gasteiger partial charge in [-0.05, 0) is 51.3 Å². The van der Waals surface area contributed by atoms with Crippen LogP contribution in [0.15, 0.2) is 23.2 Å². The fraction of sp³-hybridized carbons (Fsp3) is 0.533. The SMILES string of the molecule is COc1cc(CCN=C(N)NC(C)(C)C)ccc1C. The Morgan fingerprint density at radius 2 is 2.05 bits per heavy atom. The van der Waals surface area contributed by atoms with Crippen LogP contribution in [0.25, 0.3) is 0 Å². The molecule has 0 aliphatic rings. The van der Waals surface area contributed by atoms with Gasteiger partial charge < -0.3 is 15.8 Å². The summed E-state index contributed by atoms with van der Waals surface area (Å²) in [5, 5.41) is 3.14. The highest BCUT2D eigenvalue weighted by Gasteiger charge is 2.09. The number of nitrogens with zero attached hydrogens (tertiary/aromatic N) is 1. The van der Waals surface area contributed by atoms with E-state index in [0.29, 0.717) is 12.5 Å². The van der Waals surface area contributed by atoms with Crippen LogP contribution in [0.5, 0.6) is 5.75 Å². The number of hydrogen-bond donors (Lipinski definition) is 2. The molecule has 1 rings (SSSR count). The molecule has 0 fully saturated rings. The fourth-order valence-corrected chi connectivity index (χ4v) is 1.75. The van der Waals surface area contributed by atoms with Gasteiger partial charge in [-0.3, -0.25) is 4.99 Å². The summed E-state index contributed by atoms with van der Waals surface area (Å²) >= 11 is 0. The Bertz CT molecular complexity index is 447. The molecule has 19 heavy (non-hydrogen) atoms. The Morgan fingerprint density at radius 3 is 2.63 bits per heavy atom. The van der Waals surface area contributed by atoms with Crippen molar-refractivity contribution >= 4 is 5.96 Å². The molecule has 0 aromatic heterocycles. The molecule has 0 spiro atoms. The van der Waals surface area contributed by atoms with Crippen molar-refractivity contribution in [3.05, 3.63) is 29.3 Å². The number of aryl methyl sites for hydroxylation is 1. The van der Waals surface area contributed by atoms with Crippen LogP contribution < -0.4 is 15.8 Å². The molecule has 0 aliphatic heterocycles. The van der Waals surface area contributed by atoms with Gasteiger partial charge >= 0.3 is 0 Å². The van der Waals surface area contributed by atoms with Crippen molar-refractivity contribution in [2.24, 2.45) is 10.7 Å². The van der Waals surface area contributed by atoms with Gasteiger partial charge in [-0.15, -0.1) is 0 Å². The number of ether oxygens (including phenoxy) is 1. The van der Waals surface area contributed by atoms with Crippen LogP contribution in [0.2, 0.25) is 0 Å². The first kappa shape index (κ1) is 15.3. The minimum Gasteiger partial charge on any atom is -0.496 e. The van der Waals surface area contributed by atoms with Crippen molar-refractivity contribution in [1.29, 1.82) is 0 Å². The van der Waals surface area contributed by atoms with Gasteiger partial charge in [-0.2, -0.15) is 0 Å². The van der Waals surface area contributed by atoms with E-state index in [4.69, 9.17) is 10.5 Å². The molecule has 4 nitrogen and oxygen atoms in total. The van der Waals surface area contributed by atoms with Crippen LogP contribution in [0.4, 0.5) is 0 Å². The molecule has 1 aromatic carbocycles. The molecule has 3 N–H and O–H groups in total. The molecule has 0 heterocycles. The molecule has 0 unspecified atom stereocenters. The van der Waals surface area contributed by atoms with Crippen molar-refractivity contribution in [2.75, 3.05) is 13.7 Å². The number of guanidine groups is 1. The van der Waals surface area contributed by atoms with Crippen molar-refractivity contribution in [1.82, 2.24) is 5.32 Å². The minimum atomic E-state index is -0.0549. The minimum absolute atomic E-state index is 0.0549. The van der Waals surface area contributed by atoms with E-state index in [1.807, 2.05) is 6.92 Å². The van der Waals surface area contributed by atoms with Crippen LogP contribution in [-0.4, -0.2) is 25.2 Å². The third-order valence-corrected chi connectivity index (χ3v) is 2.66. The second-order valence-electron chi connectivity index (χ2n) is 5.70. The normalized spacial score (nSPS) is 12.4. The average molecular weight is 263 g/mol. The monoisotopic (exact) mass is 263 g/mol. The molecule has 0 aliphatic carbocycles. The molecule has 4 heteroatoms. The van der Waals surface area contributed by atoms with E-state index in [-0.39, 0.29) is 5.54 Å². The maximum Gasteiger partial charge on any atom is 0.188 e. The Kier molecular flexibility index (Phi) is 5.21. The summed E-state index contributed by atoms with van der Waals surface area (Å²) in [7, 11) is 1.69. The van der Waals surface area contributed by atoms with Gasteiger partial charge in [0.05, 0.1) is 7.11 Å². The van der Waals surface area contributed by atoms with E-state index in [2.05, 4.69) is 49.3 Å². The van der Waals surface area contributed by atoms with Crippen LogP contribution in [0, 0.1) is 6.92 Å². The Balaban J connectivity index is 2.55. The van der Waals surface area contributed by atoms with E-state index in [1.165, 1.54) is 5.56 Å². The van der Waals surface area contributed by atoms with Crippen molar-refractivity contribution in [2.45, 2.75) is 39.7 Å². The van der Waals surface area contributed by atoms with E-state index >= 15 is 0 Å². The van der Waals surface area contributed by atoms with Gasteiger partial charge in [-0.1, -0.05) is 12.1 Å². The summed E-state index contributed by atoms with van der Waals surface area (Å²) < 4.78 is 5.31. The molecular weight excluding hydrogens is 238 g/mol. The van der Waals surface area contributed by atoms with Crippen molar-refractivity contribution < 1.29 is 4.74 Å². The topological polar surface area (TPSA) is 59.6 Å². The third-order valence-electron chi connectivity index (χ3n) is 2.66. The van der Waals surface area contributed by atoms with Crippen LogP contribution >= 0.6 is 0 Å². The number of rotatable bonds is 4. The Labute approximate surface area is 116 Å². The molecule has 0 bridgehead atoms. The summed E-state index contributed by atoms with van der Waals surface area (Å²) in [4.78, 5) is 4.33. The van der Waals surface area contributed by atoms with E-state index in [1.54, 1.807) is 7.11 Å². The van der Waals surface area contributed by atoms with Crippen LogP contribution in [-0.2, 0) is 6.42 Å². The van der Waals surface area contributed by atoms with E-state index in [0.717, 1.165) is 17.7 Å². The van der Waals surface area contributed by atoms with Crippen LogP contribution in [0.3, 0.4) is 0 Å². The van der Waals surface area contributed by atoms with Crippen molar-refractivity contribution in [3.63, 3.8) is 0 Å². The standard InChI is InChI=1S/C15H25N3O/c1-11-6-7-12(10-13(11)19-5)8-9-17-14(16)18-15(2,3)4/h6-7,10H,8-9H2,1-5H3,(H3,16,17,18). The second-order valence-corrected chi connectivity index (χ2v) is 5.70. The predicted octanol–water partition coefficient (Wildman–Crippen LogP) is 2.25. The lowest BCUT2D eigenvalue weighted by Crippen LogP contribution is -2.45. The maximum absolute atomic E-state index is 5.82. The summed E-state index contributed by atoms with van der Waals surface area (Å²) in [5.41, 5.74) is 8.11. The van der Waals surface area contributed by atoms with Crippen molar-refractivity contribution in [3.8, 4) is 5.75 Å². The number of methoxy groups -OCH3 is 1. The quantitative estimate of drug-likeness (QED) is 0.647. The zero-order chi connectivity index (χ0) is 14.5. The first-order valence-corrected chi connectivity index (χ1v) is 6.53. The number of hydrogen-bond acceptors (Lipinski definition) is 2. The molecule has 0 saturated heterocycles. The van der Waals surface area contributed by atoms with E-state index in [9.17, 15) is 0 Å². The lowest BCUT2D eigenvalue weighted by Gasteiger charge is -2.20. The molecule has 0 amide bonds. The summed E-state index contributed by atoms with van der Waals surface area (Å²) in [5.74, 6) is 1.41. The highest BCUT2D eigenvalue weighted by Crippen LogP contribution is 2.19. The second kappa shape index (κ2) is 6.45. The van der Waals surface area contributed by atoms with Gasteiger partial charge in [0.25, 0.3) is 0 Å². The molecule has 1 aromatic rings. The van der Waals surface area contributed by atoms with Gasteiger partial charge in [0.2, 0.25) is 0 Å². The molecular formula is C15H25N3O. The number of aliphatic imine (C=N–C) groups is 1. The largest absolute Gasteiger partial charge is 0.496 e. The zero-order valence-electron chi connectivity index (χ0n) is 12.6. The summed E-state index contributed by atoms with van der Waals surface area (Å²) in [6, 6.07) is 6.22. The highest BCUT2D eigenvalue weighted by molar-refractivity contribution is 5.78. The molecule has 0 saturated carbocycles. The zero-order valence-corrected chi connectivity index (χ0v) is 12.6. The first-order chi connectivity index (χ1) is 8.81. The Hall–Kier alpha value is -1.71. The molecule has 0 radical (unpaired) electrons. The lowest BCUT2D eigenvalue weighted by molar-refractivity contribution is 0.411. The lowest BCUT2D eigenvalue weighted by atomic mass is 10.1. The maximum atomic E-state index is 5.82. The summed E-state index contributed by atoms with van der Waals surface area (Å²) in [6.45, 7) is 8.87. The third kappa shape index (κ3) is 5.64. The van der Waals surface area contributed by atoms with Gasteiger partial charge in [0.15, 0.2) is 5.96 Å². The molecule has 0 atom stereocenters. The number of benzene rings is 1. The highest BCUT2D eigenvalue weighted by atomic mass is 16.5. The van der Waals surface area contributed by atoms with Gasteiger partial charge in [0.1, 0.15) is 5.75 Å². The van der Waals surface area contributed by atoms with Gasteiger partial charge in [0, 0.05) is 12.1 Å². The van der Waals surface area contributed by atoms with E-state index < -0.39 is 0 Å². The Morgan fingerprint density at radius 1 is 1.37 bits per heavy atom.